The number of hydrogen-bond acceptors (Lipinski definition) is 7. The Hall–Kier alpha value is -1.63. The predicted molar refractivity (Wildman–Crippen MR) is 77.4 cm³/mol. The third kappa shape index (κ3) is 3.69. The molecule has 2 rings (SSSR count). The van der Waals surface area contributed by atoms with Crippen molar-refractivity contribution in [3.8, 4) is 6.01 Å². The quantitative estimate of drug-likeness (QED) is 0.851. The maximum atomic E-state index is 9.03. The van der Waals surface area contributed by atoms with Crippen molar-refractivity contribution in [2.75, 3.05) is 50.2 Å². The fourth-order valence-electron chi connectivity index (χ4n) is 2.26. The van der Waals surface area contributed by atoms with Gasteiger partial charge in [-0.15, -0.1) is 0 Å². The molecule has 0 aliphatic carbocycles. The highest BCUT2D eigenvalue weighted by Crippen LogP contribution is 2.20. The standard InChI is InChI=1S/C13H23N5O2/c1-17(9-10-19)11-14-12(16-13(15-11)20-2)18-7-5-3-4-6-8-18/h19H,3-10H2,1-2H3. The zero-order chi connectivity index (χ0) is 14.4. The van der Waals surface area contributed by atoms with Gasteiger partial charge in [0.1, 0.15) is 0 Å². The minimum absolute atomic E-state index is 0.0591. The highest BCUT2D eigenvalue weighted by Gasteiger charge is 2.17. The molecule has 1 aliphatic heterocycles. The van der Waals surface area contributed by atoms with Gasteiger partial charge in [-0.1, -0.05) is 12.8 Å². The molecule has 0 radical (unpaired) electrons. The monoisotopic (exact) mass is 281 g/mol. The number of ether oxygens (including phenoxy) is 1. The van der Waals surface area contributed by atoms with Gasteiger partial charge in [-0.2, -0.15) is 15.0 Å². The number of rotatable bonds is 5. The van der Waals surface area contributed by atoms with E-state index in [0.29, 0.717) is 24.5 Å². The van der Waals surface area contributed by atoms with Crippen molar-refractivity contribution in [1.82, 2.24) is 15.0 Å². The van der Waals surface area contributed by atoms with Crippen LogP contribution in [-0.2, 0) is 0 Å². The SMILES string of the molecule is COc1nc(N(C)CCO)nc(N2CCCCCC2)n1. The van der Waals surface area contributed by atoms with E-state index in [1.165, 1.54) is 12.8 Å². The summed E-state index contributed by atoms with van der Waals surface area (Å²) in [4.78, 5) is 17.1. The molecule has 0 amide bonds. The minimum Gasteiger partial charge on any atom is -0.467 e. The Morgan fingerprint density at radius 2 is 1.85 bits per heavy atom. The van der Waals surface area contributed by atoms with Gasteiger partial charge in [0.15, 0.2) is 0 Å². The first-order chi connectivity index (χ1) is 9.74. The van der Waals surface area contributed by atoms with Crippen LogP contribution in [0.4, 0.5) is 11.9 Å². The van der Waals surface area contributed by atoms with Crippen LogP contribution in [0, 0.1) is 0 Å². The molecule has 0 aromatic carbocycles. The van der Waals surface area contributed by atoms with E-state index in [0.717, 1.165) is 25.9 Å². The lowest BCUT2D eigenvalue weighted by molar-refractivity contribution is 0.303. The van der Waals surface area contributed by atoms with E-state index in [-0.39, 0.29) is 6.61 Å². The highest BCUT2D eigenvalue weighted by molar-refractivity contribution is 5.40. The third-order valence-electron chi connectivity index (χ3n) is 3.44. The van der Waals surface area contributed by atoms with Crippen molar-refractivity contribution in [2.45, 2.75) is 25.7 Å². The summed E-state index contributed by atoms with van der Waals surface area (Å²) in [6.07, 6.45) is 4.84. The molecule has 1 fully saturated rings. The van der Waals surface area contributed by atoms with Crippen LogP contribution in [0.5, 0.6) is 6.01 Å². The van der Waals surface area contributed by atoms with Gasteiger partial charge in [-0.05, 0) is 12.8 Å². The molecule has 1 aromatic heterocycles. The second-order valence-corrected chi connectivity index (χ2v) is 4.97. The van der Waals surface area contributed by atoms with Crippen molar-refractivity contribution < 1.29 is 9.84 Å². The normalized spacial score (nSPS) is 15.8. The lowest BCUT2D eigenvalue weighted by atomic mass is 10.2. The van der Waals surface area contributed by atoms with E-state index in [2.05, 4.69) is 19.9 Å². The first kappa shape index (κ1) is 14.8. The zero-order valence-electron chi connectivity index (χ0n) is 12.2. The van der Waals surface area contributed by atoms with Crippen molar-refractivity contribution in [3.63, 3.8) is 0 Å². The van der Waals surface area contributed by atoms with Crippen molar-refractivity contribution >= 4 is 11.9 Å². The Kier molecular flexibility index (Phi) is 5.34. The van der Waals surface area contributed by atoms with Crippen LogP contribution in [0.3, 0.4) is 0 Å². The average Bonchev–Trinajstić information content (AvgIpc) is 2.76. The van der Waals surface area contributed by atoms with Gasteiger partial charge >= 0.3 is 6.01 Å². The second kappa shape index (κ2) is 7.23. The van der Waals surface area contributed by atoms with E-state index in [9.17, 15) is 0 Å². The average molecular weight is 281 g/mol. The van der Waals surface area contributed by atoms with Crippen molar-refractivity contribution in [1.29, 1.82) is 0 Å². The van der Waals surface area contributed by atoms with E-state index in [1.54, 1.807) is 12.0 Å². The van der Waals surface area contributed by atoms with Crippen molar-refractivity contribution in [2.24, 2.45) is 0 Å². The van der Waals surface area contributed by atoms with Gasteiger partial charge in [-0.3, -0.25) is 0 Å². The number of aliphatic hydroxyl groups is 1. The molecule has 1 N–H and O–H groups in total. The summed E-state index contributed by atoms with van der Waals surface area (Å²) in [6, 6.07) is 0.319. The second-order valence-electron chi connectivity index (χ2n) is 4.97. The molecule has 20 heavy (non-hydrogen) atoms. The maximum absolute atomic E-state index is 9.03. The lowest BCUT2D eigenvalue weighted by Crippen LogP contribution is -2.29. The molecule has 0 atom stereocenters. The minimum atomic E-state index is 0.0591. The van der Waals surface area contributed by atoms with Crippen LogP contribution < -0.4 is 14.5 Å². The van der Waals surface area contributed by atoms with E-state index in [1.807, 2.05) is 7.05 Å². The summed E-state index contributed by atoms with van der Waals surface area (Å²) in [5.41, 5.74) is 0. The van der Waals surface area contributed by atoms with Gasteiger partial charge < -0.3 is 19.6 Å². The predicted octanol–water partition coefficient (Wildman–Crippen LogP) is 0.689. The van der Waals surface area contributed by atoms with Gasteiger partial charge in [0.05, 0.1) is 13.7 Å². The largest absolute Gasteiger partial charge is 0.467 e. The number of anilines is 2. The summed E-state index contributed by atoms with van der Waals surface area (Å²) >= 11 is 0. The molecule has 0 saturated carbocycles. The molecule has 1 aromatic rings. The Bertz CT molecular complexity index is 421. The van der Waals surface area contributed by atoms with Crippen molar-refractivity contribution in [3.05, 3.63) is 0 Å². The number of likely N-dealkylation sites (N-methyl/N-ethyl adjacent to an activating group) is 1. The topological polar surface area (TPSA) is 74.6 Å². The van der Waals surface area contributed by atoms with Crippen LogP contribution >= 0.6 is 0 Å². The fraction of sp³-hybridized carbons (Fsp3) is 0.769. The Balaban J connectivity index is 2.24. The molecule has 0 bridgehead atoms. The van der Waals surface area contributed by atoms with Crippen LogP contribution in [0.1, 0.15) is 25.7 Å². The molecule has 7 nitrogen and oxygen atoms in total. The number of hydrogen-bond donors (Lipinski definition) is 1. The fourth-order valence-corrected chi connectivity index (χ4v) is 2.26. The van der Waals surface area contributed by atoms with Gasteiger partial charge in [0, 0.05) is 26.7 Å². The summed E-state index contributed by atoms with van der Waals surface area (Å²) in [6.45, 7) is 2.47. The molecule has 1 saturated heterocycles. The molecule has 7 heteroatoms. The van der Waals surface area contributed by atoms with Gasteiger partial charge in [0.2, 0.25) is 11.9 Å². The molecular weight excluding hydrogens is 258 g/mol. The molecular formula is C13H23N5O2. The maximum Gasteiger partial charge on any atom is 0.322 e. The third-order valence-corrected chi connectivity index (χ3v) is 3.44. The zero-order valence-corrected chi connectivity index (χ0v) is 12.2. The molecule has 0 spiro atoms. The molecule has 0 unspecified atom stereocenters. The van der Waals surface area contributed by atoms with E-state index in [4.69, 9.17) is 9.84 Å². The smallest absolute Gasteiger partial charge is 0.322 e. The Morgan fingerprint density at radius 1 is 1.15 bits per heavy atom. The van der Waals surface area contributed by atoms with Gasteiger partial charge in [0.25, 0.3) is 0 Å². The summed E-state index contributed by atoms with van der Waals surface area (Å²) in [5.74, 6) is 1.20. The highest BCUT2D eigenvalue weighted by atomic mass is 16.5. The number of methoxy groups -OCH3 is 1. The molecule has 112 valence electrons. The van der Waals surface area contributed by atoms with Crippen LogP contribution in [0.25, 0.3) is 0 Å². The first-order valence-electron chi connectivity index (χ1n) is 7.11. The number of aromatic nitrogens is 3. The van der Waals surface area contributed by atoms with Crippen LogP contribution in [0.2, 0.25) is 0 Å². The van der Waals surface area contributed by atoms with E-state index >= 15 is 0 Å². The Morgan fingerprint density at radius 3 is 2.45 bits per heavy atom. The first-order valence-corrected chi connectivity index (χ1v) is 7.11. The lowest BCUT2D eigenvalue weighted by Gasteiger charge is -2.22. The Labute approximate surface area is 119 Å². The summed E-state index contributed by atoms with van der Waals surface area (Å²) in [7, 11) is 3.40. The molecule has 2 heterocycles. The number of nitrogens with zero attached hydrogens (tertiary/aromatic N) is 5. The van der Waals surface area contributed by atoms with Gasteiger partial charge in [-0.25, -0.2) is 0 Å². The van der Waals surface area contributed by atoms with Crippen LogP contribution in [0.15, 0.2) is 0 Å². The summed E-state index contributed by atoms with van der Waals surface area (Å²) in [5, 5.41) is 9.03. The summed E-state index contributed by atoms with van der Waals surface area (Å²) < 4.78 is 5.17. The van der Waals surface area contributed by atoms with E-state index < -0.39 is 0 Å². The van der Waals surface area contributed by atoms with Crippen LogP contribution in [-0.4, -0.2) is 60.5 Å². The number of aliphatic hydroxyl groups excluding tert-OH is 1. The molecule has 1 aliphatic rings.